The van der Waals surface area contributed by atoms with Gasteiger partial charge in [0.15, 0.2) is 0 Å². The van der Waals surface area contributed by atoms with Crippen LogP contribution in [0.4, 0.5) is 16.3 Å². The maximum atomic E-state index is 13.6. The molecule has 3 aliphatic heterocycles. The number of carbonyl (C=O) groups is 2. The van der Waals surface area contributed by atoms with Gasteiger partial charge in [0.05, 0.1) is 18.0 Å². The van der Waals surface area contributed by atoms with Crippen molar-refractivity contribution in [3.8, 4) is 11.4 Å². The van der Waals surface area contributed by atoms with Crippen LogP contribution in [0.2, 0.25) is 0 Å². The number of aryl methyl sites for hydroxylation is 1. The highest BCUT2D eigenvalue weighted by molar-refractivity contribution is 5.99. The summed E-state index contributed by atoms with van der Waals surface area (Å²) in [5.41, 5.74) is 6.71. The van der Waals surface area contributed by atoms with Crippen LogP contribution in [0.3, 0.4) is 0 Å². The van der Waals surface area contributed by atoms with Crippen molar-refractivity contribution in [3.05, 3.63) is 101 Å². The van der Waals surface area contributed by atoms with Gasteiger partial charge in [0.1, 0.15) is 11.6 Å². The maximum absolute atomic E-state index is 13.6. The molecular weight excluding hydrogens is 574 g/mol. The molecule has 7 rings (SSSR count). The lowest BCUT2D eigenvalue weighted by Crippen LogP contribution is -2.46. The molecule has 2 bridgehead atoms. The number of amides is 3. The number of ether oxygens (including phenoxy) is 1. The Morgan fingerprint density at radius 3 is 2.33 bits per heavy atom. The van der Waals surface area contributed by atoms with Crippen LogP contribution in [0, 0.1) is 12.8 Å². The summed E-state index contributed by atoms with van der Waals surface area (Å²) in [6.45, 7) is 9.08. The summed E-state index contributed by atoms with van der Waals surface area (Å²) in [7, 11) is 0. The minimum atomic E-state index is -0.314. The topological polar surface area (TPSA) is 88.5 Å². The van der Waals surface area contributed by atoms with Crippen LogP contribution >= 0.6 is 0 Å². The first kappa shape index (κ1) is 30.1. The van der Waals surface area contributed by atoms with Crippen molar-refractivity contribution < 1.29 is 14.3 Å². The maximum Gasteiger partial charge on any atom is 0.324 e. The molecule has 0 saturated carbocycles. The van der Waals surface area contributed by atoms with Gasteiger partial charge in [-0.3, -0.25) is 10.1 Å². The molecule has 3 aliphatic rings. The zero-order valence-electron chi connectivity index (χ0n) is 27.2. The number of fused-ring (bicyclic) bond motifs is 3. The van der Waals surface area contributed by atoms with Crippen LogP contribution in [-0.4, -0.2) is 45.3 Å². The van der Waals surface area contributed by atoms with Gasteiger partial charge < -0.3 is 15.0 Å². The fraction of sp³-hybridized carbons (Fsp3) is 0.395. The molecule has 3 amide bonds. The number of nitrogens with zero attached hydrogens (tertiary/aromatic N) is 3. The van der Waals surface area contributed by atoms with Crippen LogP contribution in [0.1, 0.15) is 79.2 Å². The molecule has 2 fully saturated rings. The van der Waals surface area contributed by atoms with Crippen LogP contribution in [-0.2, 0) is 18.3 Å². The van der Waals surface area contributed by atoms with Gasteiger partial charge in [0, 0.05) is 41.2 Å². The SMILES string of the molecule is Cc1ccc(-n2nc(C(C)(C)C)cc2NC(=O)Nc2ccc(CC3CC4CCC(C3)N4C(=O)c3ccc4c(c3)CCO4)cc2)cc1. The van der Waals surface area contributed by atoms with Gasteiger partial charge in [-0.1, -0.05) is 50.6 Å². The molecule has 0 radical (unpaired) electrons. The number of benzene rings is 3. The van der Waals surface area contributed by atoms with Crippen molar-refractivity contribution >= 4 is 23.4 Å². The largest absolute Gasteiger partial charge is 0.493 e. The van der Waals surface area contributed by atoms with E-state index in [0.29, 0.717) is 30.4 Å². The molecule has 0 aliphatic carbocycles. The summed E-state index contributed by atoms with van der Waals surface area (Å²) in [4.78, 5) is 28.8. The smallest absolute Gasteiger partial charge is 0.324 e. The summed E-state index contributed by atoms with van der Waals surface area (Å²) in [5.74, 6) is 2.25. The lowest BCUT2D eigenvalue weighted by molar-refractivity contribution is 0.0524. The standard InChI is InChI=1S/C38H43N5O3/c1-24-5-12-30(13-6-24)43-35(23-34(41-43)38(2,3)4)40-37(45)39-29-10-7-25(8-11-29)19-26-20-31-14-15-32(21-26)42(31)36(44)28-9-16-33-27(22-28)17-18-46-33/h5-13,16,22-23,26,31-32H,14-15,17-21H2,1-4H3,(H2,39,40,45). The van der Waals surface area contributed by atoms with Gasteiger partial charge in [-0.15, -0.1) is 0 Å². The van der Waals surface area contributed by atoms with E-state index in [1.54, 1.807) is 4.68 Å². The van der Waals surface area contributed by atoms with E-state index in [-0.39, 0.29) is 17.4 Å². The van der Waals surface area contributed by atoms with E-state index < -0.39 is 0 Å². The number of carbonyl (C=O) groups excluding carboxylic acids is 2. The fourth-order valence-corrected chi connectivity index (χ4v) is 7.31. The summed E-state index contributed by atoms with van der Waals surface area (Å²) in [6.07, 6.45) is 6.08. The number of urea groups is 1. The second-order valence-electron chi connectivity index (χ2n) is 14.2. The van der Waals surface area contributed by atoms with Gasteiger partial charge in [0.25, 0.3) is 5.91 Å². The molecule has 1 aromatic heterocycles. The third-order valence-corrected chi connectivity index (χ3v) is 9.74. The number of piperidine rings is 1. The third kappa shape index (κ3) is 6.13. The van der Waals surface area contributed by atoms with Gasteiger partial charge in [-0.25, -0.2) is 9.48 Å². The molecule has 4 heterocycles. The van der Waals surface area contributed by atoms with E-state index in [1.165, 1.54) is 5.56 Å². The molecule has 238 valence electrons. The molecule has 8 nitrogen and oxygen atoms in total. The first-order valence-electron chi connectivity index (χ1n) is 16.5. The number of rotatable bonds is 6. The van der Waals surface area contributed by atoms with Gasteiger partial charge >= 0.3 is 6.03 Å². The quantitative estimate of drug-likeness (QED) is 0.232. The van der Waals surface area contributed by atoms with E-state index in [2.05, 4.69) is 48.4 Å². The number of hydrogen-bond donors (Lipinski definition) is 2. The summed E-state index contributed by atoms with van der Waals surface area (Å²) >= 11 is 0. The number of aromatic nitrogens is 2. The fourth-order valence-electron chi connectivity index (χ4n) is 7.31. The molecular formula is C38H43N5O3. The van der Waals surface area contributed by atoms with E-state index >= 15 is 0 Å². The minimum Gasteiger partial charge on any atom is -0.493 e. The van der Waals surface area contributed by atoms with E-state index in [0.717, 1.165) is 78.0 Å². The average Bonchev–Trinajstić information content (AvgIpc) is 3.74. The molecule has 46 heavy (non-hydrogen) atoms. The zero-order valence-corrected chi connectivity index (χ0v) is 27.2. The predicted molar refractivity (Wildman–Crippen MR) is 181 cm³/mol. The van der Waals surface area contributed by atoms with Crippen LogP contribution in [0.15, 0.2) is 72.8 Å². The average molecular weight is 618 g/mol. The van der Waals surface area contributed by atoms with E-state index in [4.69, 9.17) is 9.84 Å². The van der Waals surface area contributed by atoms with E-state index in [1.807, 2.05) is 67.6 Å². The summed E-state index contributed by atoms with van der Waals surface area (Å²) in [5, 5.41) is 10.8. The Kier molecular flexibility index (Phi) is 7.83. The van der Waals surface area contributed by atoms with Crippen LogP contribution < -0.4 is 15.4 Å². The van der Waals surface area contributed by atoms with Crippen molar-refractivity contribution in [2.24, 2.45) is 5.92 Å². The lowest BCUT2D eigenvalue weighted by atomic mass is 9.85. The number of hydrogen-bond acceptors (Lipinski definition) is 4. The highest BCUT2D eigenvalue weighted by atomic mass is 16.5. The van der Waals surface area contributed by atoms with Crippen molar-refractivity contribution in [3.63, 3.8) is 0 Å². The number of nitrogens with one attached hydrogen (secondary N) is 2. The van der Waals surface area contributed by atoms with Crippen LogP contribution in [0.5, 0.6) is 5.75 Å². The first-order chi connectivity index (χ1) is 22.1. The Morgan fingerprint density at radius 2 is 1.63 bits per heavy atom. The zero-order chi connectivity index (χ0) is 32.0. The Labute approximate surface area is 271 Å². The van der Waals surface area contributed by atoms with Gasteiger partial charge in [-0.05, 0) is 98.5 Å². The van der Waals surface area contributed by atoms with E-state index in [9.17, 15) is 9.59 Å². The van der Waals surface area contributed by atoms with Crippen molar-refractivity contribution in [1.82, 2.24) is 14.7 Å². The summed E-state index contributed by atoms with van der Waals surface area (Å²) < 4.78 is 7.42. The first-order valence-corrected chi connectivity index (χ1v) is 16.5. The van der Waals surface area contributed by atoms with Crippen molar-refractivity contribution in [1.29, 1.82) is 0 Å². The van der Waals surface area contributed by atoms with Gasteiger partial charge in [0.2, 0.25) is 0 Å². The second kappa shape index (κ2) is 12.0. The summed E-state index contributed by atoms with van der Waals surface area (Å²) in [6, 6.07) is 24.4. The minimum absolute atomic E-state index is 0.165. The Bertz CT molecular complexity index is 1740. The highest BCUT2D eigenvalue weighted by Gasteiger charge is 2.43. The Morgan fingerprint density at radius 1 is 0.913 bits per heavy atom. The molecule has 8 heteroatoms. The van der Waals surface area contributed by atoms with Gasteiger partial charge in [-0.2, -0.15) is 5.10 Å². The molecule has 2 N–H and O–H groups in total. The van der Waals surface area contributed by atoms with Crippen molar-refractivity contribution in [2.45, 2.75) is 83.7 Å². The molecule has 2 atom stereocenters. The Balaban J connectivity index is 0.966. The third-order valence-electron chi connectivity index (χ3n) is 9.74. The molecule has 2 unspecified atom stereocenters. The lowest BCUT2D eigenvalue weighted by Gasteiger charge is -2.39. The molecule has 3 aromatic carbocycles. The Hall–Kier alpha value is -4.59. The molecule has 2 saturated heterocycles. The predicted octanol–water partition coefficient (Wildman–Crippen LogP) is 7.68. The monoisotopic (exact) mass is 617 g/mol. The number of anilines is 2. The molecule has 0 spiro atoms. The normalized spacial score (nSPS) is 20.3. The van der Waals surface area contributed by atoms with Crippen molar-refractivity contribution in [2.75, 3.05) is 17.2 Å². The second-order valence-corrected chi connectivity index (χ2v) is 14.2. The highest BCUT2D eigenvalue weighted by Crippen LogP contribution is 2.41. The molecule has 4 aromatic rings. The van der Waals surface area contributed by atoms with Crippen LogP contribution in [0.25, 0.3) is 5.69 Å².